The van der Waals surface area contributed by atoms with Crippen molar-refractivity contribution in [1.82, 2.24) is 0 Å². The molecule has 4 aliphatic rings. The van der Waals surface area contributed by atoms with Crippen LogP contribution in [0.2, 0.25) is 0 Å². The Kier molecular flexibility index (Phi) is 3.01. The van der Waals surface area contributed by atoms with Crippen LogP contribution in [0, 0.1) is 47.3 Å². The highest BCUT2D eigenvalue weighted by atomic mass is 16.7. The molecule has 0 aliphatic heterocycles. The van der Waals surface area contributed by atoms with Crippen LogP contribution in [-0.2, 0) is 9.47 Å². The largest absolute Gasteiger partial charge is 0.507 e. The van der Waals surface area contributed by atoms with Gasteiger partial charge in [0.15, 0.2) is 0 Å². The number of fused-ring (bicyclic) bond motifs is 9. The van der Waals surface area contributed by atoms with Crippen molar-refractivity contribution in [3.05, 3.63) is 0 Å². The summed E-state index contributed by atoms with van der Waals surface area (Å²) in [5, 5.41) is 0. The summed E-state index contributed by atoms with van der Waals surface area (Å²) >= 11 is 0. The minimum atomic E-state index is -0.511. The van der Waals surface area contributed by atoms with Crippen molar-refractivity contribution < 1.29 is 14.3 Å². The molecule has 0 saturated heterocycles. The van der Waals surface area contributed by atoms with Crippen molar-refractivity contribution in [2.45, 2.75) is 39.0 Å². The first-order valence-corrected chi connectivity index (χ1v) is 8.43. The monoisotopic (exact) mass is 278 g/mol. The van der Waals surface area contributed by atoms with Crippen molar-refractivity contribution in [3.63, 3.8) is 0 Å². The lowest BCUT2D eigenvalue weighted by Crippen LogP contribution is -2.37. The van der Waals surface area contributed by atoms with Crippen LogP contribution in [0.15, 0.2) is 0 Å². The molecule has 0 N–H and O–H groups in total. The third kappa shape index (κ3) is 1.67. The first kappa shape index (κ1) is 13.0. The van der Waals surface area contributed by atoms with Gasteiger partial charge in [0.2, 0.25) is 0 Å². The van der Waals surface area contributed by atoms with Gasteiger partial charge in [-0.25, -0.2) is 4.79 Å². The highest BCUT2D eigenvalue weighted by Crippen LogP contribution is 2.70. The molecule has 4 aliphatic carbocycles. The van der Waals surface area contributed by atoms with Gasteiger partial charge in [0, 0.05) is 0 Å². The summed E-state index contributed by atoms with van der Waals surface area (Å²) in [5.41, 5.74) is 0. The molecule has 3 nitrogen and oxygen atoms in total. The summed E-state index contributed by atoms with van der Waals surface area (Å²) in [6.07, 6.45) is 6.57. The second kappa shape index (κ2) is 4.64. The summed E-state index contributed by atoms with van der Waals surface area (Å²) in [6.45, 7) is 2.96. The Balaban J connectivity index is 1.44. The average Bonchev–Trinajstić information content (AvgIpc) is 3.20. The number of rotatable bonds is 3. The Labute approximate surface area is 121 Å². The van der Waals surface area contributed by atoms with E-state index in [9.17, 15) is 4.79 Å². The van der Waals surface area contributed by atoms with E-state index in [2.05, 4.69) is 11.7 Å². The fourth-order valence-electron chi connectivity index (χ4n) is 6.77. The van der Waals surface area contributed by atoms with Gasteiger partial charge >= 0.3 is 6.16 Å². The van der Waals surface area contributed by atoms with E-state index >= 15 is 0 Å². The Morgan fingerprint density at radius 1 is 1.00 bits per heavy atom. The topological polar surface area (TPSA) is 35.5 Å². The van der Waals surface area contributed by atoms with Crippen LogP contribution in [0.25, 0.3) is 0 Å². The van der Waals surface area contributed by atoms with E-state index < -0.39 is 6.16 Å². The first-order valence-electron chi connectivity index (χ1n) is 8.43. The SMILES string of the molecule is CCC1CC2CC1C1C3CC(COC(=O)OC)C(C3)C21. The van der Waals surface area contributed by atoms with Crippen molar-refractivity contribution >= 4 is 6.16 Å². The molecule has 0 radical (unpaired) electrons. The van der Waals surface area contributed by atoms with Crippen LogP contribution in [0.1, 0.15) is 39.0 Å². The fourth-order valence-corrected chi connectivity index (χ4v) is 6.77. The molecule has 0 amide bonds. The van der Waals surface area contributed by atoms with Crippen molar-refractivity contribution in [2.24, 2.45) is 47.3 Å². The zero-order valence-corrected chi connectivity index (χ0v) is 12.6. The Bertz CT molecular complexity index is 407. The summed E-state index contributed by atoms with van der Waals surface area (Å²) in [5.74, 6) is 7.41. The lowest BCUT2D eigenvalue weighted by molar-refractivity contribution is 0.0206. The molecule has 0 aromatic carbocycles. The summed E-state index contributed by atoms with van der Waals surface area (Å²) in [7, 11) is 1.39. The maximum absolute atomic E-state index is 11.2. The molecule has 4 bridgehead atoms. The van der Waals surface area contributed by atoms with Gasteiger partial charge in [0.1, 0.15) is 0 Å². The van der Waals surface area contributed by atoms with Gasteiger partial charge in [-0.05, 0) is 73.0 Å². The maximum atomic E-state index is 11.2. The van der Waals surface area contributed by atoms with E-state index in [-0.39, 0.29) is 0 Å². The number of hydrogen-bond donors (Lipinski definition) is 0. The molecular formula is C17H26O3. The van der Waals surface area contributed by atoms with E-state index in [0.29, 0.717) is 12.5 Å². The minimum Gasteiger partial charge on any atom is -0.438 e. The van der Waals surface area contributed by atoms with Gasteiger partial charge in [-0.1, -0.05) is 13.3 Å². The third-order valence-electron chi connectivity index (χ3n) is 7.20. The lowest BCUT2D eigenvalue weighted by atomic mass is 9.64. The van der Waals surface area contributed by atoms with Gasteiger partial charge in [-0.2, -0.15) is 0 Å². The van der Waals surface area contributed by atoms with Gasteiger partial charge < -0.3 is 9.47 Å². The third-order valence-corrected chi connectivity index (χ3v) is 7.20. The summed E-state index contributed by atoms with van der Waals surface area (Å²) in [6, 6.07) is 0. The second-order valence-corrected chi connectivity index (χ2v) is 7.64. The maximum Gasteiger partial charge on any atom is 0.507 e. The number of ether oxygens (including phenoxy) is 2. The Morgan fingerprint density at radius 2 is 1.60 bits per heavy atom. The number of carbonyl (C=O) groups excluding carboxylic acids is 1. The van der Waals surface area contributed by atoms with Crippen LogP contribution < -0.4 is 0 Å². The molecule has 0 aromatic rings. The van der Waals surface area contributed by atoms with Gasteiger partial charge in [-0.3, -0.25) is 0 Å². The molecule has 112 valence electrons. The number of carbonyl (C=O) groups is 1. The van der Waals surface area contributed by atoms with Crippen LogP contribution in [0.4, 0.5) is 4.79 Å². The van der Waals surface area contributed by atoms with Crippen LogP contribution in [0.3, 0.4) is 0 Å². The molecule has 0 aromatic heterocycles. The molecule has 20 heavy (non-hydrogen) atoms. The quantitative estimate of drug-likeness (QED) is 0.583. The van der Waals surface area contributed by atoms with E-state index in [1.807, 2.05) is 0 Å². The van der Waals surface area contributed by atoms with Gasteiger partial charge in [0.25, 0.3) is 0 Å². The smallest absolute Gasteiger partial charge is 0.438 e. The van der Waals surface area contributed by atoms with E-state index in [4.69, 9.17) is 4.74 Å². The number of hydrogen-bond acceptors (Lipinski definition) is 3. The zero-order valence-electron chi connectivity index (χ0n) is 12.6. The molecular weight excluding hydrogens is 252 g/mol. The zero-order chi connectivity index (χ0) is 13.9. The van der Waals surface area contributed by atoms with Gasteiger partial charge in [0.05, 0.1) is 13.7 Å². The van der Waals surface area contributed by atoms with Crippen LogP contribution >= 0.6 is 0 Å². The number of methoxy groups -OCH3 is 1. The molecule has 8 atom stereocenters. The van der Waals surface area contributed by atoms with Crippen molar-refractivity contribution in [2.75, 3.05) is 13.7 Å². The molecule has 4 fully saturated rings. The fraction of sp³-hybridized carbons (Fsp3) is 0.941. The average molecular weight is 278 g/mol. The summed E-state index contributed by atoms with van der Waals surface area (Å²) in [4.78, 5) is 11.2. The second-order valence-electron chi connectivity index (χ2n) is 7.64. The summed E-state index contributed by atoms with van der Waals surface area (Å²) < 4.78 is 9.83. The van der Waals surface area contributed by atoms with Crippen LogP contribution in [-0.4, -0.2) is 19.9 Å². The highest BCUT2D eigenvalue weighted by Gasteiger charge is 2.64. The highest BCUT2D eigenvalue weighted by molar-refractivity contribution is 5.59. The van der Waals surface area contributed by atoms with E-state index in [0.717, 1.165) is 41.4 Å². The molecule has 0 heterocycles. The van der Waals surface area contributed by atoms with Crippen molar-refractivity contribution in [1.29, 1.82) is 0 Å². The molecule has 3 heteroatoms. The van der Waals surface area contributed by atoms with Crippen LogP contribution in [0.5, 0.6) is 0 Å². The standard InChI is InChI=1S/C17H26O3/c1-3-9-4-10-6-13(9)15-11-5-12(8-20-17(18)19-2)14(7-11)16(10)15/h9-16H,3-8H2,1-2H3. The minimum absolute atomic E-state index is 0.511. The Hall–Kier alpha value is -0.730. The van der Waals surface area contributed by atoms with E-state index in [1.165, 1.54) is 39.2 Å². The lowest BCUT2D eigenvalue weighted by Gasteiger charge is -2.41. The first-order chi connectivity index (χ1) is 9.72. The Morgan fingerprint density at radius 3 is 2.20 bits per heavy atom. The van der Waals surface area contributed by atoms with Gasteiger partial charge in [-0.15, -0.1) is 0 Å². The molecule has 4 saturated carbocycles. The molecule has 0 spiro atoms. The molecule has 4 rings (SSSR count). The predicted octanol–water partition coefficient (Wildman–Crippen LogP) is 3.72. The van der Waals surface area contributed by atoms with E-state index in [1.54, 1.807) is 0 Å². The predicted molar refractivity (Wildman–Crippen MR) is 75.0 cm³/mol. The molecule has 8 unspecified atom stereocenters. The van der Waals surface area contributed by atoms with Crippen molar-refractivity contribution in [3.8, 4) is 0 Å². The normalized spacial score (nSPS) is 51.3.